The molecule has 1 aromatic carbocycles. The van der Waals surface area contributed by atoms with Gasteiger partial charge in [0, 0.05) is 12.6 Å². The van der Waals surface area contributed by atoms with Gasteiger partial charge in [-0.3, -0.25) is 4.79 Å². The van der Waals surface area contributed by atoms with E-state index >= 15 is 0 Å². The van der Waals surface area contributed by atoms with Crippen molar-refractivity contribution in [1.82, 2.24) is 4.98 Å². The van der Waals surface area contributed by atoms with Crippen LogP contribution in [0.3, 0.4) is 0 Å². The summed E-state index contributed by atoms with van der Waals surface area (Å²) in [6.07, 6.45) is 0. The second-order valence-corrected chi connectivity index (χ2v) is 7.94. The van der Waals surface area contributed by atoms with Crippen LogP contribution >= 0.6 is 45.3 Å². The lowest BCUT2D eigenvalue weighted by molar-refractivity contribution is -0.114. The molecule has 0 saturated carbocycles. The maximum Gasteiger partial charge on any atom is 0.221 e. The Morgan fingerprint density at radius 1 is 1.24 bits per heavy atom. The van der Waals surface area contributed by atoms with Crippen LogP contribution in [-0.2, 0) is 4.79 Å². The number of amides is 1. The Bertz CT molecular complexity index is 791. The Kier molecular flexibility index (Phi) is 4.27. The van der Waals surface area contributed by atoms with Crippen molar-refractivity contribution in [3.8, 4) is 0 Å². The number of carbonyl (C=O) groups is 1. The van der Waals surface area contributed by atoms with Crippen molar-refractivity contribution in [3.63, 3.8) is 0 Å². The highest BCUT2D eigenvalue weighted by Crippen LogP contribution is 2.36. The fourth-order valence-electron chi connectivity index (χ4n) is 1.67. The van der Waals surface area contributed by atoms with E-state index in [4.69, 9.17) is 0 Å². The minimum absolute atomic E-state index is 0.0924. The highest BCUT2D eigenvalue weighted by molar-refractivity contribution is 14.1. The van der Waals surface area contributed by atoms with E-state index < -0.39 is 0 Å². The van der Waals surface area contributed by atoms with E-state index in [0.29, 0.717) is 0 Å². The van der Waals surface area contributed by atoms with Crippen LogP contribution in [0.25, 0.3) is 9.53 Å². The van der Waals surface area contributed by atoms with Gasteiger partial charge in [-0.1, -0.05) is 11.3 Å². The van der Waals surface area contributed by atoms with Crippen LogP contribution in [0.1, 0.15) is 6.92 Å². The summed E-state index contributed by atoms with van der Waals surface area (Å²) in [5.41, 5.74) is 1.49. The lowest BCUT2D eigenvalue weighted by atomic mass is 10.3. The molecule has 8 heteroatoms. The summed E-state index contributed by atoms with van der Waals surface area (Å²) in [5, 5.41) is 12.0. The van der Waals surface area contributed by atoms with Gasteiger partial charge in [0.1, 0.15) is 9.83 Å². The maximum atomic E-state index is 10.9. The Balaban J connectivity index is 1.75. The zero-order valence-corrected chi connectivity index (χ0v) is 14.6. The van der Waals surface area contributed by atoms with Crippen molar-refractivity contribution in [1.29, 1.82) is 0 Å². The molecule has 1 N–H and O–H groups in total. The number of thiazole rings is 1. The molecule has 2 heterocycles. The lowest BCUT2D eigenvalue weighted by Gasteiger charge is -2.00. The number of nitrogens with zero attached hydrogens (tertiary/aromatic N) is 3. The molecule has 0 bridgehead atoms. The van der Waals surface area contributed by atoms with Gasteiger partial charge in [-0.2, -0.15) is 0 Å². The summed E-state index contributed by atoms with van der Waals surface area (Å²) < 4.78 is 2.17. The molecule has 1 amide bonds. The quantitative estimate of drug-likeness (QED) is 0.452. The van der Waals surface area contributed by atoms with Gasteiger partial charge in [0.2, 0.25) is 5.91 Å². The Hall–Kier alpha value is -1.39. The number of benzene rings is 1. The smallest absolute Gasteiger partial charge is 0.221 e. The van der Waals surface area contributed by atoms with E-state index in [-0.39, 0.29) is 5.91 Å². The van der Waals surface area contributed by atoms with E-state index in [9.17, 15) is 4.79 Å². The van der Waals surface area contributed by atoms with Crippen molar-refractivity contribution in [3.05, 3.63) is 33.3 Å². The first-order chi connectivity index (χ1) is 10.1. The molecule has 0 saturated heterocycles. The Morgan fingerprint density at radius 2 is 2.00 bits per heavy atom. The van der Waals surface area contributed by atoms with Crippen LogP contribution in [0.5, 0.6) is 0 Å². The number of hydrogen-bond acceptors (Lipinski definition) is 6. The first kappa shape index (κ1) is 14.5. The second-order valence-electron chi connectivity index (χ2n) is 4.15. The third kappa shape index (κ3) is 3.63. The molecule has 5 nitrogen and oxygen atoms in total. The topological polar surface area (TPSA) is 66.7 Å². The predicted molar refractivity (Wildman–Crippen MR) is 95.1 cm³/mol. The average molecular weight is 428 g/mol. The molecule has 0 radical (unpaired) electrons. The van der Waals surface area contributed by atoms with Gasteiger partial charge < -0.3 is 5.32 Å². The molecular weight excluding hydrogens is 419 g/mol. The number of halogens is 1. The van der Waals surface area contributed by atoms with Crippen LogP contribution in [0, 0.1) is 3.01 Å². The van der Waals surface area contributed by atoms with E-state index in [0.717, 1.165) is 28.9 Å². The maximum absolute atomic E-state index is 10.9. The number of carbonyl (C=O) groups excluding carboxylic acids is 1. The molecule has 0 spiro atoms. The van der Waals surface area contributed by atoms with Gasteiger partial charge in [0.25, 0.3) is 0 Å². The second kappa shape index (κ2) is 6.16. The number of azo groups is 1. The number of thiophene rings is 1. The van der Waals surface area contributed by atoms with Crippen molar-refractivity contribution >= 4 is 77.1 Å². The summed E-state index contributed by atoms with van der Waals surface area (Å²) in [6, 6.07) is 9.21. The summed E-state index contributed by atoms with van der Waals surface area (Å²) in [7, 11) is 0. The van der Waals surface area contributed by atoms with Gasteiger partial charge in [0.15, 0.2) is 3.01 Å². The van der Waals surface area contributed by atoms with Crippen LogP contribution in [-0.4, -0.2) is 10.9 Å². The minimum Gasteiger partial charge on any atom is -0.326 e. The average Bonchev–Trinajstić information content (AvgIpc) is 2.94. The van der Waals surface area contributed by atoms with Crippen LogP contribution < -0.4 is 5.32 Å². The number of hydrogen-bond donors (Lipinski definition) is 1. The zero-order valence-electron chi connectivity index (χ0n) is 10.8. The molecule has 0 atom stereocenters. The van der Waals surface area contributed by atoms with Crippen LogP contribution in [0.15, 0.2) is 40.6 Å². The third-order valence-electron chi connectivity index (χ3n) is 2.50. The summed E-state index contributed by atoms with van der Waals surface area (Å²) in [5.74, 6) is -0.0924. The lowest BCUT2D eigenvalue weighted by Crippen LogP contribution is -2.04. The van der Waals surface area contributed by atoms with Gasteiger partial charge >= 0.3 is 0 Å². The first-order valence-electron chi connectivity index (χ1n) is 5.95. The molecule has 2 aromatic heterocycles. The Morgan fingerprint density at radius 3 is 2.67 bits per heavy atom. The SMILES string of the molecule is CC(=O)Nc1ccc(N=Nc2cc3sc(I)nc3s2)cc1. The van der Waals surface area contributed by atoms with Gasteiger partial charge in [-0.25, -0.2) is 4.98 Å². The molecular formula is C13H9IN4OS2. The normalized spacial score (nSPS) is 11.3. The van der Waals surface area contributed by atoms with Crippen molar-refractivity contribution < 1.29 is 4.79 Å². The van der Waals surface area contributed by atoms with Crippen molar-refractivity contribution in [2.24, 2.45) is 10.2 Å². The molecule has 3 rings (SSSR count). The molecule has 3 aromatic rings. The van der Waals surface area contributed by atoms with Crippen LogP contribution in [0.4, 0.5) is 16.4 Å². The number of fused-ring (bicyclic) bond motifs is 1. The fraction of sp³-hybridized carbons (Fsp3) is 0.0769. The van der Waals surface area contributed by atoms with Crippen molar-refractivity contribution in [2.75, 3.05) is 5.32 Å². The van der Waals surface area contributed by atoms with Crippen molar-refractivity contribution in [2.45, 2.75) is 6.92 Å². The zero-order chi connectivity index (χ0) is 14.8. The highest BCUT2D eigenvalue weighted by Gasteiger charge is 2.06. The summed E-state index contributed by atoms with van der Waals surface area (Å²) in [4.78, 5) is 16.3. The predicted octanol–water partition coefficient (Wildman–Crippen LogP) is 5.34. The van der Waals surface area contributed by atoms with Gasteiger partial charge in [-0.05, 0) is 52.9 Å². The molecule has 0 aliphatic heterocycles. The van der Waals surface area contributed by atoms with Gasteiger partial charge in [-0.15, -0.1) is 21.6 Å². The van der Waals surface area contributed by atoms with E-state index in [1.54, 1.807) is 23.5 Å². The standard InChI is InChI=1S/C13H9IN4OS2/c1-7(19)15-8-2-4-9(5-3-8)17-18-11-6-10-12(21-11)16-13(14)20-10/h2-6H,1H3,(H,15,19). The molecule has 0 aliphatic carbocycles. The first-order valence-corrected chi connectivity index (χ1v) is 8.66. The van der Waals surface area contributed by atoms with E-state index in [1.165, 1.54) is 18.3 Å². The molecule has 21 heavy (non-hydrogen) atoms. The minimum atomic E-state index is -0.0924. The Labute approximate surface area is 142 Å². The molecule has 106 valence electrons. The molecule has 0 aliphatic rings. The third-order valence-corrected chi connectivity index (χ3v) is 5.24. The molecule has 0 fully saturated rings. The van der Waals surface area contributed by atoms with E-state index in [2.05, 4.69) is 43.1 Å². The number of rotatable bonds is 3. The van der Waals surface area contributed by atoms with Gasteiger partial charge in [0.05, 0.1) is 10.4 Å². The highest BCUT2D eigenvalue weighted by atomic mass is 127. The number of anilines is 1. The van der Waals surface area contributed by atoms with Crippen LogP contribution in [0.2, 0.25) is 0 Å². The monoisotopic (exact) mass is 428 g/mol. The molecule has 0 unspecified atom stereocenters. The summed E-state index contributed by atoms with van der Waals surface area (Å²) >= 11 is 5.39. The summed E-state index contributed by atoms with van der Waals surface area (Å²) in [6.45, 7) is 1.48. The largest absolute Gasteiger partial charge is 0.326 e. The number of aromatic nitrogens is 1. The number of nitrogens with one attached hydrogen (secondary N) is 1. The fourth-order valence-corrected chi connectivity index (χ4v) is 4.54. The van der Waals surface area contributed by atoms with E-state index in [1.807, 2.05) is 18.2 Å².